The molecule has 0 spiro atoms. The summed E-state index contributed by atoms with van der Waals surface area (Å²) in [4.78, 5) is 1.44. The number of hydrogen-bond donors (Lipinski definition) is 1. The number of nitrogens with one attached hydrogen (secondary N) is 1. The Bertz CT molecular complexity index is 494. The van der Waals surface area contributed by atoms with Crippen LogP contribution in [0.25, 0.3) is 0 Å². The largest absolute Gasteiger partial charge is 0.312 e. The Labute approximate surface area is 120 Å². The van der Waals surface area contributed by atoms with Gasteiger partial charge >= 0.3 is 0 Å². The predicted molar refractivity (Wildman–Crippen MR) is 80.9 cm³/mol. The van der Waals surface area contributed by atoms with Crippen molar-refractivity contribution in [3.63, 3.8) is 0 Å². The van der Waals surface area contributed by atoms with Crippen LogP contribution in [-0.2, 0) is 16.6 Å². The standard InChI is InChI=1S/C13H22N2O2S2/c1-4-6-7-8-15(3)19(16,17)13-9-12(18-11-13)10-14-5-2/h4,9,11,14H,1,5-8,10H2,2-3H3. The average molecular weight is 302 g/mol. The minimum atomic E-state index is -3.34. The second kappa shape index (κ2) is 7.79. The molecule has 6 heteroatoms. The van der Waals surface area contributed by atoms with Crippen LogP contribution >= 0.6 is 11.3 Å². The summed E-state index contributed by atoms with van der Waals surface area (Å²) in [5.74, 6) is 0. The molecule has 0 aliphatic heterocycles. The molecule has 0 aliphatic carbocycles. The van der Waals surface area contributed by atoms with Gasteiger partial charge in [0.25, 0.3) is 0 Å². The number of unbranched alkanes of at least 4 members (excludes halogenated alkanes) is 1. The molecular formula is C13H22N2O2S2. The van der Waals surface area contributed by atoms with Gasteiger partial charge in [-0.1, -0.05) is 13.0 Å². The second-order valence-corrected chi connectivity index (χ2v) is 7.33. The fourth-order valence-corrected chi connectivity index (χ4v) is 4.04. The maximum atomic E-state index is 12.3. The van der Waals surface area contributed by atoms with Crippen LogP contribution in [0.1, 0.15) is 24.6 Å². The maximum absolute atomic E-state index is 12.3. The van der Waals surface area contributed by atoms with E-state index in [9.17, 15) is 8.42 Å². The average Bonchev–Trinajstić information content (AvgIpc) is 2.85. The van der Waals surface area contributed by atoms with Crippen LogP contribution in [0.3, 0.4) is 0 Å². The van der Waals surface area contributed by atoms with Gasteiger partial charge in [0.1, 0.15) is 0 Å². The van der Waals surface area contributed by atoms with Gasteiger partial charge in [0.05, 0.1) is 4.90 Å². The predicted octanol–water partition coefficient (Wildman–Crippen LogP) is 2.44. The van der Waals surface area contributed by atoms with Gasteiger partial charge in [0.2, 0.25) is 10.0 Å². The molecule has 108 valence electrons. The highest BCUT2D eigenvalue weighted by Crippen LogP contribution is 2.22. The summed E-state index contributed by atoms with van der Waals surface area (Å²) in [5, 5.41) is 4.91. The van der Waals surface area contributed by atoms with Gasteiger partial charge in [-0.05, 0) is 25.5 Å². The second-order valence-electron chi connectivity index (χ2n) is 4.29. The summed E-state index contributed by atoms with van der Waals surface area (Å²) in [6.07, 6.45) is 3.43. The highest BCUT2D eigenvalue weighted by molar-refractivity contribution is 7.89. The highest BCUT2D eigenvalue weighted by atomic mass is 32.2. The molecule has 1 aromatic rings. The molecule has 0 bridgehead atoms. The number of sulfonamides is 1. The van der Waals surface area contributed by atoms with Crippen molar-refractivity contribution in [1.82, 2.24) is 9.62 Å². The zero-order valence-electron chi connectivity index (χ0n) is 11.6. The minimum Gasteiger partial charge on any atom is -0.312 e. The molecule has 19 heavy (non-hydrogen) atoms. The quantitative estimate of drug-likeness (QED) is 0.563. The lowest BCUT2D eigenvalue weighted by atomic mass is 10.3. The van der Waals surface area contributed by atoms with Crippen molar-refractivity contribution in [1.29, 1.82) is 0 Å². The van der Waals surface area contributed by atoms with Crippen LogP contribution in [0.5, 0.6) is 0 Å². The summed E-state index contributed by atoms with van der Waals surface area (Å²) in [7, 11) is -1.72. The smallest absolute Gasteiger partial charge is 0.243 e. The zero-order chi connectivity index (χ0) is 14.3. The van der Waals surface area contributed by atoms with E-state index in [0.717, 1.165) is 30.8 Å². The van der Waals surface area contributed by atoms with Crippen molar-refractivity contribution < 1.29 is 8.42 Å². The Hall–Kier alpha value is -0.690. The molecular weight excluding hydrogens is 280 g/mol. The summed E-state index contributed by atoms with van der Waals surface area (Å²) >= 11 is 1.48. The molecule has 0 amide bonds. The lowest BCUT2D eigenvalue weighted by Crippen LogP contribution is -2.27. The number of rotatable bonds is 9. The van der Waals surface area contributed by atoms with E-state index in [1.807, 2.05) is 6.92 Å². The van der Waals surface area contributed by atoms with E-state index in [1.54, 1.807) is 24.6 Å². The molecule has 1 heterocycles. The van der Waals surface area contributed by atoms with Gasteiger partial charge in [-0.25, -0.2) is 12.7 Å². The van der Waals surface area contributed by atoms with E-state index in [-0.39, 0.29) is 0 Å². The third-order valence-electron chi connectivity index (χ3n) is 2.77. The Morgan fingerprint density at radius 3 is 2.89 bits per heavy atom. The van der Waals surface area contributed by atoms with Crippen LogP contribution in [0, 0.1) is 0 Å². The van der Waals surface area contributed by atoms with E-state index < -0.39 is 10.0 Å². The monoisotopic (exact) mass is 302 g/mol. The van der Waals surface area contributed by atoms with Crippen LogP contribution in [0.4, 0.5) is 0 Å². The van der Waals surface area contributed by atoms with E-state index in [2.05, 4.69) is 11.9 Å². The normalized spacial score (nSPS) is 11.9. The minimum absolute atomic E-state index is 0.395. The Kier molecular flexibility index (Phi) is 6.71. The molecule has 0 unspecified atom stereocenters. The first-order chi connectivity index (χ1) is 9.02. The van der Waals surface area contributed by atoms with E-state index in [0.29, 0.717) is 11.4 Å². The fraction of sp³-hybridized carbons (Fsp3) is 0.538. The Morgan fingerprint density at radius 1 is 1.53 bits per heavy atom. The first-order valence-corrected chi connectivity index (χ1v) is 8.69. The molecule has 0 aliphatic rings. The molecule has 0 atom stereocenters. The van der Waals surface area contributed by atoms with Gasteiger partial charge in [-0.2, -0.15) is 0 Å². The fourth-order valence-electron chi connectivity index (χ4n) is 1.60. The third kappa shape index (κ3) is 4.72. The van der Waals surface area contributed by atoms with Crippen molar-refractivity contribution in [3.8, 4) is 0 Å². The lowest BCUT2D eigenvalue weighted by Gasteiger charge is -2.15. The number of allylic oxidation sites excluding steroid dienone is 1. The lowest BCUT2D eigenvalue weighted by molar-refractivity contribution is 0.463. The SMILES string of the molecule is C=CCCCN(C)S(=O)(=O)c1csc(CNCC)c1. The van der Waals surface area contributed by atoms with Crippen molar-refractivity contribution in [2.24, 2.45) is 0 Å². The van der Waals surface area contributed by atoms with Crippen molar-refractivity contribution in [2.75, 3.05) is 20.1 Å². The van der Waals surface area contributed by atoms with Crippen molar-refractivity contribution in [3.05, 3.63) is 29.0 Å². The van der Waals surface area contributed by atoms with Crippen LogP contribution in [0.2, 0.25) is 0 Å². The van der Waals surface area contributed by atoms with Gasteiger partial charge in [0.15, 0.2) is 0 Å². The summed E-state index contributed by atoms with van der Waals surface area (Å²) in [6, 6.07) is 1.76. The van der Waals surface area contributed by atoms with Crippen LogP contribution in [-0.4, -0.2) is 32.9 Å². The molecule has 0 aromatic carbocycles. The van der Waals surface area contributed by atoms with Crippen molar-refractivity contribution >= 4 is 21.4 Å². The molecule has 0 radical (unpaired) electrons. The molecule has 4 nitrogen and oxygen atoms in total. The molecule has 1 rings (SSSR count). The number of hydrogen-bond acceptors (Lipinski definition) is 4. The van der Waals surface area contributed by atoms with Gasteiger partial charge in [-0.15, -0.1) is 17.9 Å². The maximum Gasteiger partial charge on any atom is 0.243 e. The molecule has 0 saturated heterocycles. The van der Waals surface area contributed by atoms with Gasteiger partial charge < -0.3 is 5.32 Å². The summed E-state index contributed by atoms with van der Waals surface area (Å²) in [6.45, 7) is 7.78. The number of thiophene rings is 1. The first-order valence-electron chi connectivity index (χ1n) is 6.37. The van der Waals surface area contributed by atoms with Gasteiger partial charge in [-0.3, -0.25) is 0 Å². The Balaban J connectivity index is 2.70. The number of nitrogens with zero attached hydrogens (tertiary/aromatic N) is 1. The summed E-state index contributed by atoms with van der Waals surface area (Å²) < 4.78 is 26.0. The van der Waals surface area contributed by atoms with Crippen molar-refractivity contribution in [2.45, 2.75) is 31.2 Å². The molecule has 0 fully saturated rings. The summed E-state index contributed by atoms with van der Waals surface area (Å²) in [5.41, 5.74) is 0. The van der Waals surface area contributed by atoms with Crippen LogP contribution < -0.4 is 5.32 Å². The zero-order valence-corrected chi connectivity index (χ0v) is 13.2. The van der Waals surface area contributed by atoms with E-state index in [4.69, 9.17) is 0 Å². The Morgan fingerprint density at radius 2 is 2.26 bits per heavy atom. The van der Waals surface area contributed by atoms with Gasteiger partial charge in [0, 0.05) is 30.4 Å². The van der Waals surface area contributed by atoms with E-state index >= 15 is 0 Å². The highest BCUT2D eigenvalue weighted by Gasteiger charge is 2.21. The van der Waals surface area contributed by atoms with Crippen LogP contribution in [0.15, 0.2) is 29.0 Å². The molecule has 0 saturated carbocycles. The first kappa shape index (κ1) is 16.4. The topological polar surface area (TPSA) is 49.4 Å². The molecule has 1 N–H and O–H groups in total. The third-order valence-corrected chi connectivity index (χ3v) is 5.69. The van der Waals surface area contributed by atoms with E-state index in [1.165, 1.54) is 15.6 Å². The molecule has 1 aromatic heterocycles.